The molecule has 1 heterocycles. The minimum Gasteiger partial charge on any atom is -0.205 e. The quantitative estimate of drug-likeness (QED) is 0.609. The number of rotatable bonds is 0. The monoisotopic (exact) mass is 222 g/mol. The molecule has 0 aliphatic heterocycles. The lowest BCUT2D eigenvalue weighted by atomic mass is 9.84. The lowest BCUT2D eigenvalue weighted by Crippen LogP contribution is -2.12. The lowest BCUT2D eigenvalue weighted by molar-refractivity contribution is 0.590. The predicted molar refractivity (Wildman–Crippen MR) is 65.2 cm³/mol. The molecule has 0 saturated carbocycles. The Labute approximate surface area is 93.7 Å². The maximum atomic E-state index is 13.8. The van der Waals surface area contributed by atoms with Crippen molar-refractivity contribution in [2.45, 2.75) is 33.1 Å². The predicted octanol–water partition coefficient (Wildman–Crippen LogP) is 4.65. The highest BCUT2D eigenvalue weighted by Gasteiger charge is 2.20. The summed E-state index contributed by atoms with van der Waals surface area (Å²) >= 11 is 1.48. The van der Waals surface area contributed by atoms with E-state index in [-0.39, 0.29) is 11.2 Å². The van der Waals surface area contributed by atoms with Gasteiger partial charge in [0.15, 0.2) is 0 Å². The molecule has 0 atom stereocenters. The second-order valence-corrected chi connectivity index (χ2v) is 5.88. The van der Waals surface area contributed by atoms with Crippen LogP contribution in [0.1, 0.15) is 31.9 Å². The van der Waals surface area contributed by atoms with E-state index in [2.05, 4.69) is 20.8 Å². The first kappa shape index (κ1) is 10.6. The van der Waals surface area contributed by atoms with Crippen molar-refractivity contribution in [3.8, 4) is 0 Å². The minimum absolute atomic E-state index is 0.0620. The summed E-state index contributed by atoms with van der Waals surface area (Å²) in [5.41, 5.74) is 2.05. The molecule has 15 heavy (non-hydrogen) atoms. The molecule has 0 bridgehead atoms. The fraction of sp³-hybridized carbons (Fsp3) is 0.385. The minimum atomic E-state index is -0.0620. The second kappa shape index (κ2) is 3.31. The molecule has 2 heteroatoms. The van der Waals surface area contributed by atoms with Crippen LogP contribution >= 0.6 is 11.3 Å². The Morgan fingerprint density at radius 3 is 2.53 bits per heavy atom. The molecule has 1 aromatic carbocycles. The molecule has 0 aliphatic carbocycles. The van der Waals surface area contributed by atoms with E-state index in [1.54, 1.807) is 0 Å². The number of fused-ring (bicyclic) bond motifs is 1. The summed E-state index contributed by atoms with van der Waals surface area (Å²) in [5, 5.41) is 3.03. The van der Waals surface area contributed by atoms with E-state index < -0.39 is 0 Å². The molecule has 0 radical (unpaired) electrons. The van der Waals surface area contributed by atoms with Gasteiger partial charge in [-0.1, -0.05) is 26.8 Å². The molecule has 0 spiro atoms. The standard InChI is InChI=1S/C13H15FS/c1-8-7-10(13(2,3)4)9-5-6-15-12(9)11(8)14/h5-7H,1-4H3. The molecule has 0 nitrogen and oxygen atoms in total. The van der Waals surface area contributed by atoms with E-state index in [4.69, 9.17) is 0 Å². The van der Waals surface area contributed by atoms with Gasteiger partial charge in [0.1, 0.15) is 5.82 Å². The zero-order valence-corrected chi connectivity index (χ0v) is 10.3. The number of thiophene rings is 1. The van der Waals surface area contributed by atoms with Gasteiger partial charge in [-0.15, -0.1) is 11.3 Å². The maximum absolute atomic E-state index is 13.8. The van der Waals surface area contributed by atoms with Crippen molar-refractivity contribution in [1.82, 2.24) is 0 Å². The van der Waals surface area contributed by atoms with Crippen LogP contribution in [0.3, 0.4) is 0 Å². The van der Waals surface area contributed by atoms with Crippen molar-refractivity contribution >= 4 is 21.4 Å². The molecule has 0 saturated heterocycles. The highest BCUT2D eigenvalue weighted by molar-refractivity contribution is 7.17. The maximum Gasteiger partial charge on any atom is 0.143 e. The number of hydrogen-bond acceptors (Lipinski definition) is 1. The Morgan fingerprint density at radius 1 is 1.27 bits per heavy atom. The first-order chi connectivity index (χ1) is 6.91. The zero-order chi connectivity index (χ0) is 11.2. The van der Waals surface area contributed by atoms with Crippen molar-refractivity contribution < 1.29 is 4.39 Å². The van der Waals surface area contributed by atoms with Gasteiger partial charge in [0.05, 0.1) is 4.70 Å². The van der Waals surface area contributed by atoms with Gasteiger partial charge in [-0.2, -0.15) is 0 Å². The number of halogens is 1. The van der Waals surface area contributed by atoms with E-state index in [1.807, 2.05) is 24.4 Å². The smallest absolute Gasteiger partial charge is 0.143 e. The van der Waals surface area contributed by atoms with Crippen LogP contribution in [0.4, 0.5) is 4.39 Å². The highest BCUT2D eigenvalue weighted by Crippen LogP contribution is 2.35. The van der Waals surface area contributed by atoms with Crippen molar-refractivity contribution in [2.75, 3.05) is 0 Å². The van der Waals surface area contributed by atoms with E-state index >= 15 is 0 Å². The fourth-order valence-electron chi connectivity index (χ4n) is 1.85. The third kappa shape index (κ3) is 1.67. The third-order valence-electron chi connectivity index (χ3n) is 2.67. The summed E-state index contributed by atoms with van der Waals surface area (Å²) in [6, 6.07) is 3.99. The third-order valence-corrected chi connectivity index (χ3v) is 3.58. The molecule has 2 rings (SSSR count). The van der Waals surface area contributed by atoms with Gasteiger partial charge in [-0.3, -0.25) is 0 Å². The fourth-order valence-corrected chi connectivity index (χ4v) is 2.76. The lowest BCUT2D eigenvalue weighted by Gasteiger charge is -2.21. The van der Waals surface area contributed by atoms with Gasteiger partial charge in [0, 0.05) is 0 Å². The summed E-state index contributed by atoms with van der Waals surface area (Å²) in [4.78, 5) is 0. The number of benzene rings is 1. The van der Waals surface area contributed by atoms with Crippen molar-refractivity contribution in [3.63, 3.8) is 0 Å². The summed E-state index contributed by atoms with van der Waals surface area (Å²) in [6.07, 6.45) is 0. The normalized spacial score (nSPS) is 12.3. The van der Waals surface area contributed by atoms with Gasteiger partial charge < -0.3 is 0 Å². The van der Waals surface area contributed by atoms with E-state index in [9.17, 15) is 4.39 Å². The molecular weight excluding hydrogens is 207 g/mol. The Kier molecular flexibility index (Phi) is 2.34. The molecule has 0 unspecified atom stereocenters. The Bertz CT molecular complexity index is 503. The topological polar surface area (TPSA) is 0 Å². The van der Waals surface area contributed by atoms with Crippen molar-refractivity contribution in [3.05, 3.63) is 34.5 Å². The summed E-state index contributed by atoms with van der Waals surface area (Å²) in [5.74, 6) is -0.0620. The van der Waals surface area contributed by atoms with Crippen LogP contribution in [-0.2, 0) is 5.41 Å². The summed E-state index contributed by atoms with van der Waals surface area (Å²) in [7, 11) is 0. The van der Waals surface area contributed by atoms with Gasteiger partial charge in [0.25, 0.3) is 0 Å². The second-order valence-electron chi connectivity index (χ2n) is 4.97. The molecule has 1 aromatic heterocycles. The van der Waals surface area contributed by atoms with Crippen LogP contribution < -0.4 is 0 Å². The van der Waals surface area contributed by atoms with Crippen LogP contribution in [0.15, 0.2) is 17.5 Å². The van der Waals surface area contributed by atoms with E-state index in [1.165, 1.54) is 16.9 Å². The van der Waals surface area contributed by atoms with Crippen LogP contribution in [0.5, 0.6) is 0 Å². The molecule has 0 aliphatic rings. The first-order valence-corrected chi connectivity index (χ1v) is 5.96. The SMILES string of the molecule is Cc1cc(C(C)(C)C)c2ccsc2c1F. The van der Waals surface area contributed by atoms with Crippen LogP contribution in [0.2, 0.25) is 0 Å². The average molecular weight is 222 g/mol. The number of hydrogen-bond donors (Lipinski definition) is 0. The van der Waals surface area contributed by atoms with Crippen LogP contribution in [0, 0.1) is 12.7 Å². The van der Waals surface area contributed by atoms with Gasteiger partial charge in [0.2, 0.25) is 0 Å². The van der Waals surface area contributed by atoms with Gasteiger partial charge in [-0.05, 0) is 40.3 Å². The summed E-state index contributed by atoms with van der Waals surface area (Å²) in [6.45, 7) is 8.33. The van der Waals surface area contributed by atoms with E-state index in [0.29, 0.717) is 0 Å². The van der Waals surface area contributed by atoms with Crippen molar-refractivity contribution in [1.29, 1.82) is 0 Å². The molecule has 0 fully saturated rings. The Morgan fingerprint density at radius 2 is 1.93 bits per heavy atom. The van der Waals surface area contributed by atoms with Crippen LogP contribution in [-0.4, -0.2) is 0 Å². The van der Waals surface area contributed by atoms with Crippen LogP contribution in [0.25, 0.3) is 10.1 Å². The van der Waals surface area contributed by atoms with Gasteiger partial charge in [-0.25, -0.2) is 4.39 Å². The largest absolute Gasteiger partial charge is 0.205 e. The molecular formula is C13H15FS. The van der Waals surface area contributed by atoms with Crippen molar-refractivity contribution in [2.24, 2.45) is 0 Å². The average Bonchev–Trinajstić information content (AvgIpc) is 2.57. The van der Waals surface area contributed by atoms with Gasteiger partial charge >= 0.3 is 0 Å². The summed E-state index contributed by atoms with van der Waals surface area (Å²) < 4.78 is 14.6. The first-order valence-electron chi connectivity index (χ1n) is 5.08. The molecule has 2 aromatic rings. The zero-order valence-electron chi connectivity index (χ0n) is 9.52. The highest BCUT2D eigenvalue weighted by atomic mass is 32.1. The Balaban J connectivity index is 2.86. The Hall–Kier alpha value is -0.890. The number of aryl methyl sites for hydroxylation is 1. The molecule has 0 amide bonds. The molecule has 80 valence electrons. The molecule has 0 N–H and O–H groups in total. The van der Waals surface area contributed by atoms with E-state index in [0.717, 1.165) is 15.6 Å².